The van der Waals surface area contributed by atoms with Crippen molar-refractivity contribution in [3.05, 3.63) is 27.4 Å². The van der Waals surface area contributed by atoms with E-state index in [1.165, 1.54) is 0 Å². The summed E-state index contributed by atoms with van der Waals surface area (Å²) in [6.45, 7) is 11.9. The molecule has 0 amide bonds. The van der Waals surface area contributed by atoms with Gasteiger partial charge in [0.05, 0.1) is 0 Å². The molecule has 0 atom stereocenters. The zero-order valence-electron chi connectivity index (χ0n) is 9.80. The molecular formula is C11H18N2O. The van der Waals surface area contributed by atoms with Gasteiger partial charge in [-0.15, -0.1) is 0 Å². The van der Waals surface area contributed by atoms with Gasteiger partial charge in [0.15, 0.2) is 0 Å². The number of aromatic nitrogens is 2. The zero-order chi connectivity index (χ0) is 11.1. The van der Waals surface area contributed by atoms with Crippen molar-refractivity contribution in [1.29, 1.82) is 0 Å². The van der Waals surface area contributed by atoms with Gasteiger partial charge >= 0.3 is 5.69 Å². The van der Waals surface area contributed by atoms with Crippen molar-refractivity contribution in [3.8, 4) is 0 Å². The van der Waals surface area contributed by atoms with Crippen LogP contribution >= 0.6 is 0 Å². The van der Waals surface area contributed by atoms with E-state index in [2.05, 4.69) is 4.98 Å². The van der Waals surface area contributed by atoms with Crippen molar-refractivity contribution in [1.82, 2.24) is 9.55 Å². The molecule has 0 aliphatic carbocycles. The molecule has 0 bridgehead atoms. The molecule has 0 unspecified atom stereocenters. The molecule has 0 aliphatic heterocycles. The molecule has 0 fully saturated rings. The molecule has 0 saturated carbocycles. The van der Waals surface area contributed by atoms with E-state index in [4.69, 9.17) is 0 Å². The van der Waals surface area contributed by atoms with Crippen LogP contribution in [0.4, 0.5) is 0 Å². The van der Waals surface area contributed by atoms with E-state index in [1.54, 1.807) is 4.57 Å². The third-order valence-electron chi connectivity index (χ3n) is 2.55. The quantitative estimate of drug-likeness (QED) is 0.632. The Morgan fingerprint density at radius 1 is 1.14 bits per heavy atom. The van der Waals surface area contributed by atoms with Gasteiger partial charge in [-0.2, -0.15) is 4.98 Å². The molecule has 3 heteroatoms. The predicted octanol–water partition coefficient (Wildman–Crippen LogP) is 1.92. The van der Waals surface area contributed by atoms with Crippen LogP contribution in [-0.4, -0.2) is 9.55 Å². The van der Waals surface area contributed by atoms with E-state index >= 15 is 0 Å². The Morgan fingerprint density at radius 3 is 2.07 bits per heavy atom. The third kappa shape index (κ3) is 1.72. The van der Waals surface area contributed by atoms with Crippen molar-refractivity contribution in [2.75, 3.05) is 0 Å². The van der Waals surface area contributed by atoms with Gasteiger partial charge in [0.1, 0.15) is 0 Å². The molecule has 14 heavy (non-hydrogen) atoms. The lowest BCUT2D eigenvalue weighted by Gasteiger charge is -2.25. The molecular weight excluding hydrogens is 176 g/mol. The Kier molecular flexibility index (Phi) is 2.52. The smallest absolute Gasteiger partial charge is 0.291 e. The van der Waals surface area contributed by atoms with Crippen molar-refractivity contribution < 1.29 is 0 Å². The first kappa shape index (κ1) is 11.0. The second-order valence-corrected chi connectivity index (χ2v) is 4.70. The third-order valence-corrected chi connectivity index (χ3v) is 2.55. The van der Waals surface area contributed by atoms with E-state index < -0.39 is 0 Å². The van der Waals surface area contributed by atoms with E-state index in [0.29, 0.717) is 0 Å². The average molecular weight is 194 g/mol. The number of rotatable bonds is 0. The van der Waals surface area contributed by atoms with Gasteiger partial charge in [-0.25, -0.2) is 4.79 Å². The summed E-state index contributed by atoms with van der Waals surface area (Å²) in [5, 5.41) is 0. The molecule has 1 heterocycles. The summed E-state index contributed by atoms with van der Waals surface area (Å²) in [4.78, 5) is 15.7. The van der Waals surface area contributed by atoms with Crippen LogP contribution in [-0.2, 0) is 5.54 Å². The summed E-state index contributed by atoms with van der Waals surface area (Å²) in [5.41, 5.74) is 2.58. The van der Waals surface area contributed by atoms with Gasteiger partial charge in [-0.05, 0) is 47.1 Å². The summed E-state index contributed by atoms with van der Waals surface area (Å²) < 4.78 is 1.75. The molecule has 0 aliphatic rings. The highest BCUT2D eigenvalue weighted by Crippen LogP contribution is 2.16. The Morgan fingerprint density at radius 2 is 1.64 bits per heavy atom. The first-order chi connectivity index (χ1) is 6.25. The lowest BCUT2D eigenvalue weighted by Crippen LogP contribution is -2.38. The van der Waals surface area contributed by atoms with Gasteiger partial charge in [-0.3, -0.25) is 4.57 Å². The lowest BCUT2D eigenvalue weighted by molar-refractivity contribution is 0.367. The van der Waals surface area contributed by atoms with Crippen LogP contribution < -0.4 is 5.69 Å². The van der Waals surface area contributed by atoms with E-state index in [0.717, 1.165) is 17.0 Å². The molecule has 1 rings (SSSR count). The van der Waals surface area contributed by atoms with Gasteiger partial charge < -0.3 is 0 Å². The maximum atomic E-state index is 11.7. The van der Waals surface area contributed by atoms with Crippen molar-refractivity contribution >= 4 is 0 Å². The van der Waals surface area contributed by atoms with Crippen molar-refractivity contribution in [3.63, 3.8) is 0 Å². The van der Waals surface area contributed by atoms with Crippen LogP contribution in [0.25, 0.3) is 0 Å². The molecule has 78 valence electrons. The van der Waals surface area contributed by atoms with Gasteiger partial charge in [-0.1, -0.05) is 0 Å². The summed E-state index contributed by atoms with van der Waals surface area (Å²) >= 11 is 0. The SMILES string of the molecule is Cc1nc(=O)n(C(C)(C)C)c(C)c1C. The zero-order valence-corrected chi connectivity index (χ0v) is 9.80. The molecule has 0 spiro atoms. The van der Waals surface area contributed by atoms with E-state index in [9.17, 15) is 4.79 Å². The highest BCUT2D eigenvalue weighted by molar-refractivity contribution is 5.22. The van der Waals surface area contributed by atoms with E-state index in [-0.39, 0.29) is 11.2 Å². The molecule has 0 radical (unpaired) electrons. The molecule has 0 aromatic carbocycles. The number of nitrogens with zero attached hydrogens (tertiary/aromatic N) is 2. The minimum Gasteiger partial charge on any atom is -0.291 e. The number of hydrogen-bond donors (Lipinski definition) is 0. The Hall–Kier alpha value is -1.12. The Balaban J connectivity index is 3.62. The van der Waals surface area contributed by atoms with Crippen LogP contribution in [0.2, 0.25) is 0 Å². The maximum Gasteiger partial charge on any atom is 0.348 e. The second-order valence-electron chi connectivity index (χ2n) is 4.70. The van der Waals surface area contributed by atoms with Crippen LogP contribution in [0.5, 0.6) is 0 Å². The molecule has 1 aromatic rings. The maximum absolute atomic E-state index is 11.7. The lowest BCUT2D eigenvalue weighted by atomic mass is 10.1. The van der Waals surface area contributed by atoms with Gasteiger partial charge in [0.25, 0.3) is 0 Å². The second kappa shape index (κ2) is 3.23. The average Bonchev–Trinajstić information content (AvgIpc) is 1.97. The fourth-order valence-electron chi connectivity index (χ4n) is 1.64. The van der Waals surface area contributed by atoms with Crippen LogP contribution in [0, 0.1) is 20.8 Å². The Bertz CT molecular complexity index is 411. The van der Waals surface area contributed by atoms with Crippen molar-refractivity contribution in [2.24, 2.45) is 0 Å². The van der Waals surface area contributed by atoms with E-state index in [1.807, 2.05) is 41.5 Å². The topological polar surface area (TPSA) is 34.9 Å². The Labute approximate surface area is 84.8 Å². The minimum atomic E-state index is -0.202. The highest BCUT2D eigenvalue weighted by Gasteiger charge is 2.19. The van der Waals surface area contributed by atoms with Crippen LogP contribution in [0.3, 0.4) is 0 Å². The van der Waals surface area contributed by atoms with Crippen LogP contribution in [0.1, 0.15) is 37.7 Å². The minimum absolute atomic E-state index is 0.155. The predicted molar refractivity (Wildman–Crippen MR) is 57.7 cm³/mol. The van der Waals surface area contributed by atoms with Crippen LogP contribution in [0.15, 0.2) is 4.79 Å². The highest BCUT2D eigenvalue weighted by atomic mass is 16.1. The summed E-state index contributed by atoms with van der Waals surface area (Å²) in [6.07, 6.45) is 0. The van der Waals surface area contributed by atoms with Gasteiger partial charge in [0, 0.05) is 16.9 Å². The number of aryl methyl sites for hydroxylation is 1. The monoisotopic (exact) mass is 194 g/mol. The first-order valence-corrected chi connectivity index (χ1v) is 4.82. The number of hydrogen-bond acceptors (Lipinski definition) is 2. The van der Waals surface area contributed by atoms with Gasteiger partial charge in [0.2, 0.25) is 0 Å². The fraction of sp³-hybridized carbons (Fsp3) is 0.636. The molecule has 0 saturated heterocycles. The molecule has 1 aromatic heterocycles. The first-order valence-electron chi connectivity index (χ1n) is 4.82. The normalized spacial score (nSPS) is 11.9. The fourth-order valence-corrected chi connectivity index (χ4v) is 1.64. The summed E-state index contributed by atoms with van der Waals surface area (Å²) in [7, 11) is 0. The molecule has 0 N–H and O–H groups in total. The van der Waals surface area contributed by atoms with Crippen molar-refractivity contribution in [2.45, 2.75) is 47.1 Å². The summed E-state index contributed by atoms with van der Waals surface area (Å²) in [5.74, 6) is 0. The largest absolute Gasteiger partial charge is 0.348 e. The summed E-state index contributed by atoms with van der Waals surface area (Å²) in [6, 6.07) is 0. The molecule has 3 nitrogen and oxygen atoms in total. The standard InChI is InChI=1S/C11H18N2O/c1-7-8(2)12-10(14)13(9(7)3)11(4,5)6/h1-6H3.